The van der Waals surface area contributed by atoms with Crippen LogP contribution in [0.1, 0.15) is 70.0 Å². The molecule has 0 spiro atoms. The second-order valence-corrected chi connectivity index (χ2v) is 10.1. The number of nitrogens with one attached hydrogen (secondary N) is 1. The number of ether oxygens (including phenoxy) is 1. The van der Waals surface area contributed by atoms with Crippen molar-refractivity contribution in [1.82, 2.24) is 30.4 Å². The zero-order valence-electron chi connectivity index (χ0n) is 22.8. The highest BCUT2D eigenvalue weighted by Gasteiger charge is 2.34. The van der Waals surface area contributed by atoms with Crippen molar-refractivity contribution >= 4 is 17.8 Å². The molecule has 10 heteroatoms. The van der Waals surface area contributed by atoms with Crippen molar-refractivity contribution in [2.45, 2.75) is 50.7 Å². The first-order valence-electron chi connectivity index (χ1n) is 13.7. The zero-order valence-corrected chi connectivity index (χ0v) is 22.8. The van der Waals surface area contributed by atoms with E-state index in [1.807, 2.05) is 30.3 Å². The monoisotopic (exact) mass is 552 g/mol. The van der Waals surface area contributed by atoms with E-state index in [0.29, 0.717) is 22.4 Å². The first-order valence-corrected chi connectivity index (χ1v) is 13.7. The minimum absolute atomic E-state index is 0.0462. The van der Waals surface area contributed by atoms with E-state index < -0.39 is 12.0 Å². The van der Waals surface area contributed by atoms with Gasteiger partial charge in [-0.2, -0.15) is 0 Å². The second-order valence-electron chi connectivity index (χ2n) is 10.1. The number of carbonyl (C=O) groups is 3. The SMILES string of the molecule is COC(=O)c1ccc(C(C(=O)NC2CCCCC2)N(Cc2ccccc2)C(=O)c2cccc(-n3cnnn3)c2)cc1. The fraction of sp³-hybridized carbons (Fsp3) is 0.290. The fourth-order valence-corrected chi connectivity index (χ4v) is 5.21. The summed E-state index contributed by atoms with van der Waals surface area (Å²) in [6.45, 7) is 0.191. The Balaban J connectivity index is 1.56. The summed E-state index contributed by atoms with van der Waals surface area (Å²) < 4.78 is 6.32. The molecule has 4 aromatic rings. The molecule has 1 atom stereocenters. The van der Waals surface area contributed by atoms with Crippen LogP contribution in [-0.2, 0) is 16.1 Å². The number of aromatic nitrogens is 4. The Kier molecular flexibility index (Phi) is 8.78. The summed E-state index contributed by atoms with van der Waals surface area (Å²) in [6.07, 6.45) is 6.52. The van der Waals surface area contributed by atoms with Gasteiger partial charge in [0.1, 0.15) is 12.4 Å². The third kappa shape index (κ3) is 6.66. The fourth-order valence-electron chi connectivity index (χ4n) is 5.21. The van der Waals surface area contributed by atoms with E-state index in [1.54, 1.807) is 53.4 Å². The van der Waals surface area contributed by atoms with Crippen LogP contribution in [0.3, 0.4) is 0 Å². The standard InChI is InChI=1S/C31H32N6O4/c1-41-31(40)24-17-15-23(16-18-24)28(29(38)33-26-12-6-3-7-13-26)36(20-22-9-4-2-5-10-22)30(39)25-11-8-14-27(19-25)37-21-32-34-35-37/h2,4-5,8-11,14-19,21,26,28H,3,6-7,12-13,20H2,1H3,(H,33,38). The van der Waals surface area contributed by atoms with Crippen LogP contribution in [-0.4, -0.2) is 56.0 Å². The molecular weight excluding hydrogens is 520 g/mol. The third-order valence-electron chi connectivity index (χ3n) is 7.32. The molecule has 1 aliphatic carbocycles. The molecule has 2 amide bonds. The van der Waals surface area contributed by atoms with Gasteiger partial charge >= 0.3 is 5.97 Å². The maximum atomic E-state index is 14.3. The number of tetrazole rings is 1. The number of benzene rings is 3. The molecule has 5 rings (SSSR count). The number of methoxy groups -OCH3 is 1. The molecule has 1 fully saturated rings. The van der Waals surface area contributed by atoms with Crippen molar-refractivity contribution in [2.75, 3.05) is 7.11 Å². The van der Waals surface area contributed by atoms with E-state index in [0.717, 1.165) is 37.7 Å². The molecule has 0 saturated heterocycles. The molecule has 0 bridgehead atoms. The number of nitrogens with zero attached hydrogens (tertiary/aromatic N) is 5. The smallest absolute Gasteiger partial charge is 0.337 e. The van der Waals surface area contributed by atoms with Crippen LogP contribution in [0.25, 0.3) is 5.69 Å². The summed E-state index contributed by atoms with van der Waals surface area (Å²) in [6, 6.07) is 22.3. The number of rotatable bonds is 9. The van der Waals surface area contributed by atoms with E-state index in [2.05, 4.69) is 20.8 Å². The molecule has 1 aliphatic rings. The van der Waals surface area contributed by atoms with Gasteiger partial charge in [0, 0.05) is 18.2 Å². The molecule has 1 unspecified atom stereocenters. The lowest BCUT2D eigenvalue weighted by atomic mass is 9.94. The predicted molar refractivity (Wildman–Crippen MR) is 151 cm³/mol. The topological polar surface area (TPSA) is 119 Å². The quantitative estimate of drug-likeness (QED) is 0.308. The van der Waals surface area contributed by atoms with Crippen molar-refractivity contribution in [3.8, 4) is 5.69 Å². The van der Waals surface area contributed by atoms with E-state index in [1.165, 1.54) is 18.1 Å². The first kappa shape index (κ1) is 27.7. The van der Waals surface area contributed by atoms with Crippen molar-refractivity contribution in [3.63, 3.8) is 0 Å². The summed E-state index contributed by atoms with van der Waals surface area (Å²) in [5.74, 6) is -1.07. The van der Waals surface area contributed by atoms with Crippen LogP contribution < -0.4 is 5.32 Å². The predicted octanol–water partition coefficient (Wildman–Crippen LogP) is 4.28. The van der Waals surface area contributed by atoms with Crippen LogP contribution in [0.4, 0.5) is 0 Å². The van der Waals surface area contributed by atoms with Crippen LogP contribution in [0.15, 0.2) is 85.2 Å². The highest BCUT2D eigenvalue weighted by molar-refractivity contribution is 5.98. The molecule has 0 aliphatic heterocycles. The van der Waals surface area contributed by atoms with Gasteiger partial charge in [0.25, 0.3) is 5.91 Å². The van der Waals surface area contributed by atoms with Crippen LogP contribution in [0, 0.1) is 0 Å². The third-order valence-corrected chi connectivity index (χ3v) is 7.32. The molecule has 1 heterocycles. The van der Waals surface area contributed by atoms with E-state index in [4.69, 9.17) is 4.74 Å². The Bertz CT molecular complexity index is 1470. The lowest BCUT2D eigenvalue weighted by Gasteiger charge is -2.33. The Morgan fingerprint density at radius 3 is 2.39 bits per heavy atom. The minimum atomic E-state index is -0.951. The maximum Gasteiger partial charge on any atom is 0.337 e. The largest absolute Gasteiger partial charge is 0.465 e. The van der Waals surface area contributed by atoms with Crippen LogP contribution in [0.5, 0.6) is 0 Å². The van der Waals surface area contributed by atoms with Crippen LogP contribution >= 0.6 is 0 Å². The summed E-state index contributed by atoms with van der Waals surface area (Å²) in [5, 5.41) is 14.5. The Morgan fingerprint density at radius 2 is 1.71 bits per heavy atom. The van der Waals surface area contributed by atoms with E-state index in [9.17, 15) is 14.4 Å². The van der Waals surface area contributed by atoms with Crippen molar-refractivity contribution in [2.24, 2.45) is 0 Å². The van der Waals surface area contributed by atoms with Crippen molar-refractivity contribution in [1.29, 1.82) is 0 Å². The van der Waals surface area contributed by atoms with Crippen LogP contribution in [0.2, 0.25) is 0 Å². The molecule has 1 aromatic heterocycles. The summed E-state index contributed by atoms with van der Waals surface area (Å²) in [7, 11) is 1.32. The van der Waals surface area contributed by atoms with Gasteiger partial charge in [-0.25, -0.2) is 9.48 Å². The van der Waals surface area contributed by atoms with Gasteiger partial charge in [-0.3, -0.25) is 9.59 Å². The second kappa shape index (κ2) is 13.0. The molecule has 1 N–H and O–H groups in total. The average molecular weight is 553 g/mol. The van der Waals surface area contributed by atoms with E-state index in [-0.39, 0.29) is 24.4 Å². The molecule has 3 aromatic carbocycles. The van der Waals surface area contributed by atoms with Crippen molar-refractivity contribution in [3.05, 3.63) is 107 Å². The molecule has 210 valence electrons. The van der Waals surface area contributed by atoms with Gasteiger partial charge < -0.3 is 15.0 Å². The van der Waals surface area contributed by atoms with Gasteiger partial charge in [-0.1, -0.05) is 67.8 Å². The number of amides is 2. The number of hydrogen-bond acceptors (Lipinski definition) is 7. The number of carbonyl (C=O) groups excluding carboxylic acids is 3. The van der Waals surface area contributed by atoms with Crippen molar-refractivity contribution < 1.29 is 19.1 Å². The number of hydrogen-bond donors (Lipinski definition) is 1. The van der Waals surface area contributed by atoms with Gasteiger partial charge in [-0.05, 0) is 64.7 Å². The molecule has 41 heavy (non-hydrogen) atoms. The zero-order chi connectivity index (χ0) is 28.6. The highest BCUT2D eigenvalue weighted by atomic mass is 16.5. The number of esters is 1. The summed E-state index contributed by atoms with van der Waals surface area (Å²) >= 11 is 0. The Morgan fingerprint density at radius 1 is 0.951 bits per heavy atom. The lowest BCUT2D eigenvalue weighted by molar-refractivity contribution is -0.127. The normalized spacial score (nSPS) is 14.2. The van der Waals surface area contributed by atoms with E-state index >= 15 is 0 Å². The Hall–Kier alpha value is -4.86. The maximum absolute atomic E-state index is 14.3. The summed E-state index contributed by atoms with van der Waals surface area (Å²) in [4.78, 5) is 42.1. The lowest BCUT2D eigenvalue weighted by Crippen LogP contribution is -2.46. The Labute approximate surface area is 238 Å². The van der Waals surface area contributed by atoms with Gasteiger partial charge in [0.2, 0.25) is 5.91 Å². The minimum Gasteiger partial charge on any atom is -0.465 e. The molecule has 1 saturated carbocycles. The van der Waals surface area contributed by atoms with Gasteiger partial charge in [0.05, 0.1) is 18.4 Å². The molecule has 0 radical (unpaired) electrons. The van der Waals surface area contributed by atoms with Gasteiger partial charge in [0.15, 0.2) is 0 Å². The highest BCUT2D eigenvalue weighted by Crippen LogP contribution is 2.28. The molecular formula is C31H32N6O4. The summed E-state index contributed by atoms with van der Waals surface area (Å²) in [5.41, 5.74) is 2.82. The van der Waals surface area contributed by atoms with Gasteiger partial charge in [-0.15, -0.1) is 5.10 Å². The average Bonchev–Trinajstić information content (AvgIpc) is 3.57. The molecule has 10 nitrogen and oxygen atoms in total. The first-order chi connectivity index (χ1) is 20.0.